The van der Waals surface area contributed by atoms with Gasteiger partial charge in [-0.3, -0.25) is 0 Å². The number of nitrogens with zero attached hydrogens (tertiary/aromatic N) is 2. The lowest BCUT2D eigenvalue weighted by atomic mass is 9.83. The normalized spacial score (nSPS) is 13.6. The zero-order chi connectivity index (χ0) is 38.1. The summed E-state index contributed by atoms with van der Waals surface area (Å²) in [5.41, 5.74) is 18.3. The van der Waals surface area contributed by atoms with Crippen LogP contribution in [0, 0.1) is 5.92 Å². The van der Waals surface area contributed by atoms with Gasteiger partial charge in [-0.05, 0) is 106 Å². The van der Waals surface area contributed by atoms with E-state index in [0.29, 0.717) is 5.92 Å². The minimum atomic E-state index is 0.351. The van der Waals surface area contributed by atoms with E-state index in [-0.39, 0.29) is 0 Å². The Morgan fingerprint density at radius 3 is 1.58 bits per heavy atom. The second-order valence-corrected chi connectivity index (χ2v) is 15.0. The van der Waals surface area contributed by atoms with Gasteiger partial charge in [0.2, 0.25) is 0 Å². The molecule has 10 rings (SSSR count). The van der Waals surface area contributed by atoms with Crippen molar-refractivity contribution < 1.29 is 0 Å². The van der Waals surface area contributed by atoms with Crippen molar-refractivity contribution in [3.05, 3.63) is 229 Å². The van der Waals surface area contributed by atoms with Gasteiger partial charge in [-0.15, -0.1) is 0 Å². The standard InChI is InChI=1S/C55H42N2/c1-39-36-54-52(50-24-14-15-25-53(50)57(54)46-22-12-5-13-23-46)38-51(39)44-28-33-48(34-29-44)56(47-31-26-42(27-32-47)40-16-6-2-7-17-40)55-37-45(41-18-8-3-9-19-41)30-35-49(55)43-20-10-4-11-21-43/h2-35,37-39H,36H2,1H3. The highest BCUT2D eigenvalue weighted by Gasteiger charge is 2.26. The maximum absolute atomic E-state index is 2.46. The Balaban J connectivity index is 1.11. The second-order valence-electron chi connectivity index (χ2n) is 15.0. The van der Waals surface area contributed by atoms with E-state index in [1.807, 2.05) is 0 Å². The zero-order valence-corrected chi connectivity index (χ0v) is 32.0. The van der Waals surface area contributed by atoms with Gasteiger partial charge in [0.1, 0.15) is 0 Å². The van der Waals surface area contributed by atoms with Crippen molar-refractivity contribution in [2.75, 3.05) is 4.90 Å². The van der Waals surface area contributed by atoms with Gasteiger partial charge in [0.25, 0.3) is 0 Å². The molecule has 1 atom stereocenters. The van der Waals surface area contributed by atoms with Crippen LogP contribution in [0.4, 0.5) is 17.1 Å². The average molecular weight is 731 g/mol. The Bertz CT molecular complexity index is 2840. The van der Waals surface area contributed by atoms with E-state index < -0.39 is 0 Å². The van der Waals surface area contributed by atoms with Gasteiger partial charge >= 0.3 is 0 Å². The van der Waals surface area contributed by atoms with Crippen LogP contribution in [0.25, 0.3) is 61.6 Å². The fraction of sp³-hybridized carbons (Fsp3) is 0.0545. The largest absolute Gasteiger partial charge is 0.313 e. The summed E-state index contributed by atoms with van der Waals surface area (Å²) in [6, 6.07) is 76.9. The van der Waals surface area contributed by atoms with Crippen molar-refractivity contribution in [2.45, 2.75) is 13.3 Å². The van der Waals surface area contributed by atoms with Crippen LogP contribution in [-0.4, -0.2) is 4.57 Å². The third kappa shape index (κ3) is 6.46. The number of aromatic nitrogens is 1. The van der Waals surface area contributed by atoms with Gasteiger partial charge in [0, 0.05) is 39.3 Å². The molecule has 0 spiro atoms. The van der Waals surface area contributed by atoms with E-state index in [0.717, 1.165) is 23.5 Å². The Labute approximate surface area is 335 Å². The SMILES string of the molecule is CC1Cc2c(c3ccccc3n2-c2ccccc2)C=C1c1ccc(N(c2ccc(-c3ccccc3)cc2)c2cc(-c3ccccc3)ccc2-c2ccccc2)cc1. The predicted molar refractivity (Wildman–Crippen MR) is 241 cm³/mol. The van der Waals surface area contributed by atoms with Crippen LogP contribution >= 0.6 is 0 Å². The summed E-state index contributed by atoms with van der Waals surface area (Å²) < 4.78 is 2.46. The van der Waals surface area contributed by atoms with Gasteiger partial charge in [0.05, 0.1) is 11.2 Å². The van der Waals surface area contributed by atoms with E-state index in [9.17, 15) is 0 Å². The molecule has 1 heterocycles. The average Bonchev–Trinajstić information content (AvgIpc) is 3.61. The molecule has 1 aliphatic rings. The summed E-state index contributed by atoms with van der Waals surface area (Å²) in [7, 11) is 0. The van der Waals surface area contributed by atoms with Crippen LogP contribution in [0.15, 0.2) is 212 Å². The lowest BCUT2D eigenvalue weighted by Gasteiger charge is -2.29. The van der Waals surface area contributed by atoms with Gasteiger partial charge in [0.15, 0.2) is 0 Å². The van der Waals surface area contributed by atoms with E-state index in [4.69, 9.17) is 0 Å². The van der Waals surface area contributed by atoms with Crippen LogP contribution in [0.3, 0.4) is 0 Å². The third-order valence-electron chi connectivity index (χ3n) is 11.5. The number of rotatable bonds is 8. The Hall–Kier alpha value is -7.16. The molecule has 8 aromatic carbocycles. The molecule has 0 fully saturated rings. The lowest BCUT2D eigenvalue weighted by Crippen LogP contribution is -2.13. The van der Waals surface area contributed by atoms with Crippen molar-refractivity contribution in [3.8, 4) is 39.1 Å². The van der Waals surface area contributed by atoms with Gasteiger partial charge in [-0.2, -0.15) is 0 Å². The first-order valence-electron chi connectivity index (χ1n) is 19.9. The third-order valence-corrected chi connectivity index (χ3v) is 11.5. The number of benzene rings is 8. The maximum Gasteiger partial charge on any atom is 0.0546 e. The van der Waals surface area contributed by atoms with Crippen LogP contribution in [0.2, 0.25) is 0 Å². The maximum atomic E-state index is 2.46. The molecule has 1 aliphatic carbocycles. The van der Waals surface area contributed by atoms with Crippen molar-refractivity contribution >= 4 is 39.6 Å². The molecule has 272 valence electrons. The number of hydrogen-bond donors (Lipinski definition) is 0. The van der Waals surface area contributed by atoms with Gasteiger partial charge in [-0.25, -0.2) is 0 Å². The molecule has 57 heavy (non-hydrogen) atoms. The van der Waals surface area contributed by atoms with E-state index in [1.165, 1.54) is 72.4 Å². The molecule has 0 radical (unpaired) electrons. The fourth-order valence-electron chi connectivity index (χ4n) is 8.67. The monoisotopic (exact) mass is 730 g/mol. The molecule has 0 N–H and O–H groups in total. The van der Waals surface area contributed by atoms with Gasteiger partial charge < -0.3 is 9.47 Å². The lowest BCUT2D eigenvalue weighted by molar-refractivity contribution is 0.708. The first-order valence-corrected chi connectivity index (χ1v) is 19.9. The Morgan fingerprint density at radius 2 is 0.947 bits per heavy atom. The molecule has 9 aromatic rings. The summed E-state index contributed by atoms with van der Waals surface area (Å²) in [5.74, 6) is 0.351. The highest BCUT2D eigenvalue weighted by molar-refractivity contribution is 5.99. The van der Waals surface area contributed by atoms with Gasteiger partial charge in [-0.1, -0.05) is 171 Å². The molecule has 0 amide bonds. The van der Waals surface area contributed by atoms with Crippen molar-refractivity contribution in [2.24, 2.45) is 5.92 Å². The summed E-state index contributed by atoms with van der Waals surface area (Å²) >= 11 is 0. The van der Waals surface area contributed by atoms with Crippen LogP contribution in [-0.2, 0) is 6.42 Å². The molecule has 1 aromatic heterocycles. The quantitative estimate of drug-likeness (QED) is 0.151. The summed E-state index contributed by atoms with van der Waals surface area (Å²) in [6.07, 6.45) is 3.43. The Kier molecular flexibility index (Phi) is 8.93. The number of allylic oxidation sites excluding steroid dienone is 1. The molecular formula is C55H42N2. The molecule has 1 unspecified atom stereocenters. The number of fused-ring (bicyclic) bond motifs is 3. The van der Waals surface area contributed by atoms with E-state index in [2.05, 4.69) is 235 Å². The molecular weight excluding hydrogens is 689 g/mol. The minimum Gasteiger partial charge on any atom is -0.313 e. The van der Waals surface area contributed by atoms with Crippen LogP contribution in [0.5, 0.6) is 0 Å². The first kappa shape index (κ1) is 34.3. The molecule has 0 bridgehead atoms. The van der Waals surface area contributed by atoms with Crippen molar-refractivity contribution in [3.63, 3.8) is 0 Å². The second kappa shape index (κ2) is 14.8. The molecule has 2 heteroatoms. The molecule has 0 saturated carbocycles. The fourth-order valence-corrected chi connectivity index (χ4v) is 8.67. The number of hydrogen-bond acceptors (Lipinski definition) is 1. The summed E-state index contributed by atoms with van der Waals surface area (Å²) in [6.45, 7) is 2.37. The minimum absolute atomic E-state index is 0.351. The highest BCUT2D eigenvalue weighted by Crippen LogP contribution is 2.45. The molecule has 0 aliphatic heterocycles. The molecule has 2 nitrogen and oxygen atoms in total. The highest BCUT2D eigenvalue weighted by atomic mass is 15.1. The van der Waals surface area contributed by atoms with Crippen molar-refractivity contribution in [1.29, 1.82) is 0 Å². The summed E-state index contributed by atoms with van der Waals surface area (Å²) in [5, 5.41) is 1.30. The van der Waals surface area contributed by atoms with Crippen LogP contribution < -0.4 is 4.90 Å². The van der Waals surface area contributed by atoms with E-state index in [1.54, 1.807) is 0 Å². The number of anilines is 3. The van der Waals surface area contributed by atoms with Crippen molar-refractivity contribution in [1.82, 2.24) is 4.57 Å². The Morgan fingerprint density at radius 1 is 0.456 bits per heavy atom. The predicted octanol–water partition coefficient (Wildman–Crippen LogP) is 14.8. The number of para-hydroxylation sites is 2. The molecule has 0 saturated heterocycles. The summed E-state index contributed by atoms with van der Waals surface area (Å²) in [4.78, 5) is 2.43. The van der Waals surface area contributed by atoms with E-state index >= 15 is 0 Å². The van der Waals surface area contributed by atoms with Crippen LogP contribution in [0.1, 0.15) is 23.7 Å². The first-order chi connectivity index (χ1) is 28.2. The zero-order valence-electron chi connectivity index (χ0n) is 32.0. The topological polar surface area (TPSA) is 8.17 Å². The smallest absolute Gasteiger partial charge is 0.0546 e.